The number of rotatable bonds is 5. The van der Waals surface area contributed by atoms with Crippen molar-refractivity contribution in [2.24, 2.45) is 11.7 Å². The third-order valence-electron chi connectivity index (χ3n) is 3.84. The van der Waals surface area contributed by atoms with Crippen molar-refractivity contribution in [3.8, 4) is 11.5 Å². The number of nitrogens with zero attached hydrogens (tertiary/aromatic N) is 1. The van der Waals surface area contributed by atoms with E-state index in [-0.39, 0.29) is 11.9 Å². The fourth-order valence-corrected chi connectivity index (χ4v) is 2.79. The number of carbonyl (C=O) groups excluding carboxylic acids is 1. The molecule has 2 rings (SSSR count). The van der Waals surface area contributed by atoms with E-state index in [0.717, 1.165) is 10.9 Å². The van der Waals surface area contributed by atoms with Crippen LogP contribution in [0.5, 0.6) is 11.5 Å². The second kappa shape index (κ2) is 7.33. The van der Waals surface area contributed by atoms with Crippen molar-refractivity contribution < 1.29 is 14.3 Å². The van der Waals surface area contributed by atoms with Gasteiger partial charge in [-0.2, -0.15) is 0 Å². The Balaban J connectivity index is 2.07. The number of benzene rings is 1. The Hall–Kier alpha value is -1.27. The molecular formula is C16H23BrN2O3. The molecule has 1 aromatic rings. The monoisotopic (exact) mass is 370 g/mol. The maximum atomic E-state index is 12.5. The summed E-state index contributed by atoms with van der Waals surface area (Å²) in [5.74, 6) is 1.63. The minimum Gasteiger partial charge on any atom is -0.486 e. The summed E-state index contributed by atoms with van der Waals surface area (Å²) in [4.78, 5) is 14.2. The van der Waals surface area contributed by atoms with E-state index < -0.39 is 0 Å². The summed E-state index contributed by atoms with van der Waals surface area (Å²) in [7, 11) is 1.79. The van der Waals surface area contributed by atoms with E-state index in [1.54, 1.807) is 24.1 Å². The fraction of sp³-hybridized carbons (Fsp3) is 0.562. The molecule has 1 heterocycles. The average Bonchev–Trinajstić information content (AvgIpc) is 2.51. The van der Waals surface area contributed by atoms with Crippen molar-refractivity contribution in [3.63, 3.8) is 0 Å². The van der Waals surface area contributed by atoms with Crippen molar-refractivity contribution in [1.82, 2.24) is 4.90 Å². The van der Waals surface area contributed by atoms with Gasteiger partial charge in [0.05, 0.1) is 4.47 Å². The predicted molar refractivity (Wildman–Crippen MR) is 89.5 cm³/mol. The minimum absolute atomic E-state index is 0.0476. The molecule has 1 aliphatic rings. The summed E-state index contributed by atoms with van der Waals surface area (Å²) >= 11 is 3.44. The number of halogens is 1. The molecule has 0 aromatic heterocycles. The zero-order chi connectivity index (χ0) is 16.3. The lowest BCUT2D eigenvalue weighted by Crippen LogP contribution is -2.34. The van der Waals surface area contributed by atoms with Crippen molar-refractivity contribution in [2.45, 2.75) is 26.3 Å². The largest absolute Gasteiger partial charge is 0.486 e. The molecule has 6 heteroatoms. The van der Waals surface area contributed by atoms with Gasteiger partial charge in [0.15, 0.2) is 11.5 Å². The summed E-state index contributed by atoms with van der Waals surface area (Å²) in [6.07, 6.45) is 0.783. The number of hydrogen-bond donors (Lipinski definition) is 1. The highest BCUT2D eigenvalue weighted by Gasteiger charge is 2.21. The van der Waals surface area contributed by atoms with Crippen LogP contribution in [0, 0.1) is 5.92 Å². The van der Waals surface area contributed by atoms with Gasteiger partial charge in [-0.1, -0.05) is 13.8 Å². The third-order valence-corrected chi connectivity index (χ3v) is 4.43. The van der Waals surface area contributed by atoms with Gasteiger partial charge >= 0.3 is 0 Å². The Bertz CT molecular complexity index is 548. The lowest BCUT2D eigenvalue weighted by atomic mass is 10.0. The molecule has 0 radical (unpaired) electrons. The highest BCUT2D eigenvalue weighted by molar-refractivity contribution is 9.10. The average molecular weight is 371 g/mol. The third kappa shape index (κ3) is 3.93. The standard InChI is InChI=1S/C16H23BrN2O3/c1-10(2)13(18)4-5-19(3)16(20)11-8-12(17)15-14(9-11)21-6-7-22-15/h8-10,13H,4-7,18H2,1-3H3. The number of hydrogen-bond acceptors (Lipinski definition) is 4. The molecule has 1 atom stereocenters. The molecule has 0 bridgehead atoms. The molecular weight excluding hydrogens is 348 g/mol. The predicted octanol–water partition coefficient (Wildman–Crippen LogP) is 2.67. The molecule has 0 fully saturated rings. The van der Waals surface area contributed by atoms with Crippen molar-refractivity contribution in [3.05, 3.63) is 22.2 Å². The van der Waals surface area contributed by atoms with E-state index in [2.05, 4.69) is 29.8 Å². The molecule has 2 N–H and O–H groups in total. The van der Waals surface area contributed by atoms with Crippen LogP contribution < -0.4 is 15.2 Å². The summed E-state index contributed by atoms with van der Waals surface area (Å²) in [5, 5.41) is 0. The first kappa shape index (κ1) is 17.1. The minimum atomic E-state index is -0.0476. The lowest BCUT2D eigenvalue weighted by Gasteiger charge is -2.23. The van der Waals surface area contributed by atoms with E-state index in [0.29, 0.717) is 42.7 Å². The van der Waals surface area contributed by atoms with Crippen molar-refractivity contribution in [2.75, 3.05) is 26.8 Å². The molecule has 1 unspecified atom stereocenters. The van der Waals surface area contributed by atoms with E-state index in [1.807, 2.05) is 0 Å². The van der Waals surface area contributed by atoms with Gasteiger partial charge in [-0.15, -0.1) is 0 Å². The number of ether oxygens (including phenoxy) is 2. The Morgan fingerprint density at radius 1 is 1.36 bits per heavy atom. The Morgan fingerprint density at radius 3 is 2.73 bits per heavy atom. The fourth-order valence-electron chi connectivity index (χ4n) is 2.23. The smallest absolute Gasteiger partial charge is 0.253 e. The number of nitrogens with two attached hydrogens (primary N) is 1. The van der Waals surface area contributed by atoms with Crippen LogP contribution in [-0.4, -0.2) is 43.7 Å². The van der Waals surface area contributed by atoms with Gasteiger partial charge in [0.1, 0.15) is 13.2 Å². The maximum absolute atomic E-state index is 12.5. The topological polar surface area (TPSA) is 64.8 Å². The van der Waals surface area contributed by atoms with Crippen LogP contribution in [0.4, 0.5) is 0 Å². The quantitative estimate of drug-likeness (QED) is 0.865. The first-order chi connectivity index (χ1) is 10.4. The Kier molecular flexibility index (Phi) is 5.69. The lowest BCUT2D eigenvalue weighted by molar-refractivity contribution is 0.0788. The zero-order valence-corrected chi connectivity index (χ0v) is 14.9. The second-order valence-corrected chi connectivity index (χ2v) is 6.76. The van der Waals surface area contributed by atoms with Gasteiger partial charge in [-0.25, -0.2) is 0 Å². The van der Waals surface area contributed by atoms with Crippen LogP contribution in [0.3, 0.4) is 0 Å². The summed E-state index contributed by atoms with van der Waals surface area (Å²) < 4.78 is 11.8. The maximum Gasteiger partial charge on any atom is 0.253 e. The molecule has 1 amide bonds. The van der Waals surface area contributed by atoms with Crippen LogP contribution in [0.1, 0.15) is 30.6 Å². The molecule has 122 valence electrons. The van der Waals surface area contributed by atoms with E-state index in [4.69, 9.17) is 15.2 Å². The van der Waals surface area contributed by atoms with Crippen LogP contribution in [0.25, 0.3) is 0 Å². The van der Waals surface area contributed by atoms with Gasteiger partial charge in [-0.05, 0) is 40.4 Å². The van der Waals surface area contributed by atoms with Gasteiger partial charge in [-0.3, -0.25) is 4.79 Å². The molecule has 22 heavy (non-hydrogen) atoms. The molecule has 0 aliphatic carbocycles. The molecule has 0 saturated heterocycles. The first-order valence-electron chi connectivity index (χ1n) is 7.50. The zero-order valence-electron chi connectivity index (χ0n) is 13.3. The molecule has 0 saturated carbocycles. The summed E-state index contributed by atoms with van der Waals surface area (Å²) in [6.45, 7) is 5.82. The van der Waals surface area contributed by atoms with Crippen molar-refractivity contribution >= 4 is 21.8 Å². The molecule has 5 nitrogen and oxygen atoms in total. The van der Waals surface area contributed by atoms with Gasteiger partial charge in [0.25, 0.3) is 5.91 Å². The molecule has 1 aromatic carbocycles. The van der Waals surface area contributed by atoms with E-state index in [9.17, 15) is 4.79 Å². The SMILES string of the molecule is CC(C)C(N)CCN(C)C(=O)c1cc(Br)c2c(c1)OCCO2. The van der Waals surface area contributed by atoms with Gasteiger partial charge in [0, 0.05) is 25.2 Å². The van der Waals surface area contributed by atoms with Crippen LogP contribution in [0.15, 0.2) is 16.6 Å². The van der Waals surface area contributed by atoms with Crippen LogP contribution in [-0.2, 0) is 0 Å². The van der Waals surface area contributed by atoms with Crippen LogP contribution >= 0.6 is 15.9 Å². The first-order valence-corrected chi connectivity index (χ1v) is 8.29. The van der Waals surface area contributed by atoms with Gasteiger partial charge < -0.3 is 20.1 Å². The van der Waals surface area contributed by atoms with E-state index in [1.165, 1.54) is 0 Å². The number of carbonyl (C=O) groups is 1. The summed E-state index contributed by atoms with van der Waals surface area (Å²) in [5.41, 5.74) is 6.62. The van der Waals surface area contributed by atoms with Crippen molar-refractivity contribution in [1.29, 1.82) is 0 Å². The van der Waals surface area contributed by atoms with Gasteiger partial charge in [0.2, 0.25) is 0 Å². The highest BCUT2D eigenvalue weighted by Crippen LogP contribution is 2.38. The normalized spacial score (nSPS) is 14.8. The van der Waals surface area contributed by atoms with E-state index >= 15 is 0 Å². The number of fused-ring (bicyclic) bond motifs is 1. The Labute approximate surface area is 139 Å². The Morgan fingerprint density at radius 2 is 2.05 bits per heavy atom. The second-order valence-electron chi connectivity index (χ2n) is 5.91. The molecule has 0 spiro atoms. The summed E-state index contributed by atoms with van der Waals surface area (Å²) in [6, 6.07) is 3.61. The number of amides is 1. The highest BCUT2D eigenvalue weighted by atomic mass is 79.9. The van der Waals surface area contributed by atoms with Crippen LogP contribution in [0.2, 0.25) is 0 Å². The molecule has 1 aliphatic heterocycles.